The third-order valence-corrected chi connectivity index (χ3v) is 3.39. The van der Waals surface area contributed by atoms with Gasteiger partial charge in [-0.15, -0.1) is 0 Å². The summed E-state index contributed by atoms with van der Waals surface area (Å²) in [5.74, 6) is 1.15. The van der Waals surface area contributed by atoms with Crippen LogP contribution in [0.15, 0.2) is 28.7 Å². The number of non-ortho nitro benzene ring substituents is 1. The molecule has 8 heteroatoms. The molecule has 1 aromatic heterocycles. The highest BCUT2D eigenvalue weighted by atomic mass is 79.9. The highest BCUT2D eigenvalue weighted by Gasteiger charge is 2.14. The number of ether oxygens (including phenoxy) is 1. The van der Waals surface area contributed by atoms with Crippen LogP contribution in [0.2, 0.25) is 5.15 Å². The molecule has 6 nitrogen and oxygen atoms in total. The maximum atomic E-state index is 10.8. The van der Waals surface area contributed by atoms with Crippen molar-refractivity contribution < 1.29 is 9.66 Å². The smallest absolute Gasteiger partial charge is 0.273 e. The van der Waals surface area contributed by atoms with E-state index in [4.69, 9.17) is 16.3 Å². The standard InChI is InChI=1S/C13H11BrClN3O3/c1-7(2)13-16-11(15)6-12(17-13)21-10-5-8(18(19)20)3-4-9(10)14/h3-7H,1-2H3. The molecular weight excluding hydrogens is 362 g/mol. The lowest BCUT2D eigenvalue weighted by Crippen LogP contribution is -2.00. The Morgan fingerprint density at radius 1 is 1.33 bits per heavy atom. The summed E-state index contributed by atoms with van der Waals surface area (Å²) < 4.78 is 6.16. The summed E-state index contributed by atoms with van der Waals surface area (Å²) in [4.78, 5) is 18.6. The first-order valence-electron chi connectivity index (χ1n) is 6.03. The average molecular weight is 373 g/mol. The number of benzene rings is 1. The second-order valence-electron chi connectivity index (χ2n) is 4.52. The van der Waals surface area contributed by atoms with Crippen molar-refractivity contribution in [2.75, 3.05) is 0 Å². The zero-order valence-electron chi connectivity index (χ0n) is 11.2. The van der Waals surface area contributed by atoms with Gasteiger partial charge >= 0.3 is 0 Å². The van der Waals surface area contributed by atoms with Gasteiger partial charge in [0.2, 0.25) is 5.88 Å². The van der Waals surface area contributed by atoms with Gasteiger partial charge < -0.3 is 4.74 Å². The largest absolute Gasteiger partial charge is 0.437 e. The lowest BCUT2D eigenvalue weighted by atomic mass is 10.2. The summed E-state index contributed by atoms with van der Waals surface area (Å²) in [6.45, 7) is 3.86. The zero-order valence-corrected chi connectivity index (χ0v) is 13.6. The molecule has 0 radical (unpaired) electrons. The molecular formula is C13H11BrClN3O3. The number of nitro groups is 1. The second-order valence-corrected chi connectivity index (χ2v) is 5.76. The lowest BCUT2D eigenvalue weighted by molar-refractivity contribution is -0.384. The fourth-order valence-electron chi connectivity index (χ4n) is 1.52. The van der Waals surface area contributed by atoms with Gasteiger partial charge in [-0.2, -0.15) is 4.98 Å². The van der Waals surface area contributed by atoms with Crippen molar-refractivity contribution in [3.8, 4) is 11.6 Å². The Morgan fingerprint density at radius 2 is 2.05 bits per heavy atom. The van der Waals surface area contributed by atoms with Crippen LogP contribution >= 0.6 is 27.5 Å². The molecule has 0 saturated heterocycles. The van der Waals surface area contributed by atoms with Gasteiger partial charge in [0.25, 0.3) is 5.69 Å². The molecule has 0 unspecified atom stereocenters. The van der Waals surface area contributed by atoms with E-state index in [-0.39, 0.29) is 28.4 Å². The van der Waals surface area contributed by atoms with Crippen molar-refractivity contribution >= 4 is 33.2 Å². The summed E-state index contributed by atoms with van der Waals surface area (Å²) in [5, 5.41) is 11.1. The Morgan fingerprint density at radius 3 is 2.67 bits per heavy atom. The summed E-state index contributed by atoms with van der Waals surface area (Å²) in [6.07, 6.45) is 0. The van der Waals surface area contributed by atoms with E-state index in [9.17, 15) is 10.1 Å². The first-order valence-corrected chi connectivity index (χ1v) is 7.20. The molecule has 0 aliphatic carbocycles. The minimum absolute atomic E-state index is 0.0718. The molecule has 2 rings (SSSR count). The van der Waals surface area contributed by atoms with E-state index < -0.39 is 4.92 Å². The van der Waals surface area contributed by atoms with Crippen LogP contribution in [0, 0.1) is 10.1 Å². The summed E-state index contributed by atoms with van der Waals surface area (Å²) >= 11 is 9.21. The third-order valence-electron chi connectivity index (χ3n) is 2.55. The van der Waals surface area contributed by atoms with Gasteiger partial charge in [0.1, 0.15) is 11.0 Å². The van der Waals surface area contributed by atoms with Crippen molar-refractivity contribution in [1.29, 1.82) is 0 Å². The molecule has 0 atom stereocenters. The Balaban J connectivity index is 2.38. The molecule has 0 N–H and O–H groups in total. The van der Waals surface area contributed by atoms with Crippen molar-refractivity contribution in [3.63, 3.8) is 0 Å². The van der Waals surface area contributed by atoms with E-state index in [0.717, 1.165) is 0 Å². The number of hydrogen-bond donors (Lipinski definition) is 0. The van der Waals surface area contributed by atoms with E-state index in [1.807, 2.05) is 13.8 Å². The molecule has 1 aromatic carbocycles. The van der Waals surface area contributed by atoms with Crippen LogP contribution in [0.3, 0.4) is 0 Å². The Labute approximate surface area is 134 Å². The Kier molecular flexibility index (Phi) is 4.74. The molecule has 1 heterocycles. The number of rotatable bonds is 4. The quantitative estimate of drug-likeness (QED) is 0.441. The van der Waals surface area contributed by atoms with Crippen molar-refractivity contribution in [1.82, 2.24) is 9.97 Å². The van der Waals surface area contributed by atoms with E-state index in [1.165, 1.54) is 18.2 Å². The number of halogens is 2. The average Bonchev–Trinajstić information content (AvgIpc) is 2.40. The third kappa shape index (κ3) is 3.89. The first kappa shape index (κ1) is 15.7. The van der Waals surface area contributed by atoms with Gasteiger partial charge in [-0.25, -0.2) is 4.98 Å². The van der Waals surface area contributed by atoms with E-state index >= 15 is 0 Å². The number of hydrogen-bond acceptors (Lipinski definition) is 5. The lowest BCUT2D eigenvalue weighted by Gasteiger charge is -2.09. The van der Waals surface area contributed by atoms with Gasteiger partial charge in [-0.05, 0) is 22.0 Å². The van der Waals surface area contributed by atoms with E-state index in [0.29, 0.717) is 10.3 Å². The topological polar surface area (TPSA) is 78.2 Å². The number of nitro benzene ring substituents is 1. The van der Waals surface area contributed by atoms with Crippen LogP contribution in [-0.2, 0) is 0 Å². The predicted octanol–water partition coefficient (Wildman–Crippen LogP) is 4.72. The minimum Gasteiger partial charge on any atom is -0.437 e. The zero-order chi connectivity index (χ0) is 15.6. The Bertz CT molecular complexity index is 694. The normalized spacial score (nSPS) is 10.7. The fourth-order valence-corrected chi connectivity index (χ4v) is 2.03. The number of aromatic nitrogens is 2. The molecule has 0 saturated carbocycles. The molecule has 0 amide bonds. The summed E-state index contributed by atoms with van der Waals surface area (Å²) in [7, 11) is 0. The molecule has 0 aliphatic rings. The maximum absolute atomic E-state index is 10.8. The number of nitrogens with zero attached hydrogens (tertiary/aromatic N) is 3. The van der Waals surface area contributed by atoms with Gasteiger partial charge in [0.15, 0.2) is 5.75 Å². The van der Waals surface area contributed by atoms with Crippen molar-refractivity contribution in [2.45, 2.75) is 19.8 Å². The van der Waals surface area contributed by atoms with Crippen molar-refractivity contribution in [2.24, 2.45) is 0 Å². The highest BCUT2D eigenvalue weighted by molar-refractivity contribution is 9.10. The molecule has 0 aliphatic heterocycles. The van der Waals surface area contributed by atoms with Gasteiger partial charge in [0, 0.05) is 18.1 Å². The van der Waals surface area contributed by atoms with Crippen molar-refractivity contribution in [3.05, 3.63) is 49.8 Å². The molecule has 0 fully saturated rings. The second kappa shape index (κ2) is 6.36. The molecule has 0 spiro atoms. The fraction of sp³-hybridized carbons (Fsp3) is 0.231. The van der Waals surface area contributed by atoms with Crippen LogP contribution in [0.4, 0.5) is 5.69 Å². The predicted molar refractivity (Wildman–Crippen MR) is 82.0 cm³/mol. The van der Waals surface area contributed by atoms with Crippen LogP contribution in [0.25, 0.3) is 0 Å². The van der Waals surface area contributed by atoms with Crippen LogP contribution < -0.4 is 4.74 Å². The van der Waals surface area contributed by atoms with E-state index in [1.54, 1.807) is 6.07 Å². The SMILES string of the molecule is CC(C)c1nc(Cl)cc(Oc2cc([N+](=O)[O-])ccc2Br)n1. The Hall–Kier alpha value is -1.73. The van der Waals surface area contributed by atoms with Crippen LogP contribution in [0.5, 0.6) is 11.6 Å². The summed E-state index contributed by atoms with van der Waals surface area (Å²) in [5.41, 5.74) is -0.0718. The highest BCUT2D eigenvalue weighted by Crippen LogP contribution is 2.33. The maximum Gasteiger partial charge on any atom is 0.273 e. The van der Waals surface area contributed by atoms with Crippen LogP contribution in [-0.4, -0.2) is 14.9 Å². The molecule has 0 bridgehead atoms. The van der Waals surface area contributed by atoms with Crippen LogP contribution in [0.1, 0.15) is 25.6 Å². The molecule has 2 aromatic rings. The van der Waals surface area contributed by atoms with E-state index in [2.05, 4.69) is 25.9 Å². The summed E-state index contributed by atoms with van der Waals surface area (Å²) in [6, 6.07) is 5.69. The first-order chi connectivity index (χ1) is 9.86. The molecule has 21 heavy (non-hydrogen) atoms. The molecule has 110 valence electrons. The van der Waals surface area contributed by atoms with Gasteiger partial charge in [0.05, 0.1) is 15.5 Å². The van der Waals surface area contributed by atoms with Gasteiger partial charge in [-0.1, -0.05) is 25.4 Å². The minimum atomic E-state index is -0.494. The van der Waals surface area contributed by atoms with Gasteiger partial charge in [-0.3, -0.25) is 10.1 Å². The monoisotopic (exact) mass is 371 g/mol.